The fourth-order valence-electron chi connectivity index (χ4n) is 3.43. The van der Waals surface area contributed by atoms with Crippen LogP contribution in [0, 0.1) is 13.8 Å². The van der Waals surface area contributed by atoms with Crippen molar-refractivity contribution in [2.24, 2.45) is 0 Å². The molecule has 2 heterocycles. The Kier molecular flexibility index (Phi) is 6.73. The number of nitrogens with zero attached hydrogens (tertiary/aromatic N) is 3. The Morgan fingerprint density at radius 2 is 2.00 bits per heavy atom. The molecule has 2 aromatic rings. The molecule has 0 atom stereocenters. The van der Waals surface area contributed by atoms with Crippen LogP contribution in [0.1, 0.15) is 28.9 Å². The summed E-state index contributed by atoms with van der Waals surface area (Å²) < 4.78 is 14.1. The van der Waals surface area contributed by atoms with Crippen LogP contribution in [0.2, 0.25) is 0 Å². The van der Waals surface area contributed by atoms with Crippen molar-refractivity contribution >= 4 is 15.9 Å². The summed E-state index contributed by atoms with van der Waals surface area (Å²) in [4.78, 5) is 2.49. The van der Waals surface area contributed by atoms with Crippen molar-refractivity contribution in [3.05, 3.63) is 45.2 Å². The first-order chi connectivity index (χ1) is 12.6. The Morgan fingerprint density at radius 3 is 2.65 bits per heavy atom. The zero-order valence-corrected chi connectivity index (χ0v) is 17.5. The Bertz CT molecular complexity index is 739. The molecule has 0 spiro atoms. The zero-order chi connectivity index (χ0) is 18.5. The summed E-state index contributed by atoms with van der Waals surface area (Å²) in [6.07, 6.45) is 2.24. The summed E-state index contributed by atoms with van der Waals surface area (Å²) in [6.45, 7) is 9.81. The van der Waals surface area contributed by atoms with Crippen LogP contribution >= 0.6 is 15.9 Å². The summed E-state index contributed by atoms with van der Waals surface area (Å²) >= 11 is 3.61. The van der Waals surface area contributed by atoms with Gasteiger partial charge in [0.2, 0.25) is 0 Å². The maximum atomic E-state index is 5.57. The highest BCUT2D eigenvalue weighted by molar-refractivity contribution is 9.10. The van der Waals surface area contributed by atoms with Crippen molar-refractivity contribution in [1.82, 2.24) is 14.7 Å². The Balaban J connectivity index is 1.66. The van der Waals surface area contributed by atoms with Gasteiger partial charge in [-0.1, -0.05) is 12.1 Å². The highest BCUT2D eigenvalue weighted by Gasteiger charge is 2.13. The molecule has 0 radical (unpaired) electrons. The molecule has 1 fully saturated rings. The lowest BCUT2D eigenvalue weighted by Gasteiger charge is -2.26. The molecule has 0 bridgehead atoms. The van der Waals surface area contributed by atoms with E-state index in [1.54, 1.807) is 7.11 Å². The number of hydrogen-bond donors (Lipinski definition) is 0. The smallest absolute Gasteiger partial charge is 0.123 e. The lowest BCUT2D eigenvalue weighted by Crippen LogP contribution is -2.36. The first kappa shape index (κ1) is 19.4. The van der Waals surface area contributed by atoms with Gasteiger partial charge in [-0.05, 0) is 60.8 Å². The maximum absolute atomic E-state index is 5.57. The lowest BCUT2D eigenvalue weighted by molar-refractivity contribution is 0.0374. The summed E-state index contributed by atoms with van der Waals surface area (Å²) in [6, 6.07) is 6.53. The van der Waals surface area contributed by atoms with E-state index in [2.05, 4.69) is 51.1 Å². The van der Waals surface area contributed by atoms with Crippen LogP contribution in [-0.2, 0) is 17.7 Å². The van der Waals surface area contributed by atoms with Gasteiger partial charge in [0.05, 0.1) is 42.7 Å². The second-order valence-corrected chi connectivity index (χ2v) is 7.64. The van der Waals surface area contributed by atoms with Crippen molar-refractivity contribution in [3.8, 4) is 5.75 Å². The topological polar surface area (TPSA) is 39.5 Å². The van der Waals surface area contributed by atoms with Gasteiger partial charge in [-0.25, -0.2) is 0 Å². The molecule has 6 heteroatoms. The summed E-state index contributed by atoms with van der Waals surface area (Å²) in [5.41, 5.74) is 4.69. The fraction of sp³-hybridized carbons (Fsp3) is 0.550. The molecule has 3 rings (SSSR count). The minimum Gasteiger partial charge on any atom is -0.496 e. The van der Waals surface area contributed by atoms with E-state index < -0.39 is 0 Å². The van der Waals surface area contributed by atoms with Crippen LogP contribution in [0.5, 0.6) is 5.75 Å². The van der Waals surface area contributed by atoms with Gasteiger partial charge in [0, 0.05) is 18.7 Å². The van der Waals surface area contributed by atoms with E-state index in [1.807, 2.05) is 11.6 Å². The number of morpholine rings is 1. The number of hydrogen-bond acceptors (Lipinski definition) is 4. The van der Waals surface area contributed by atoms with Gasteiger partial charge in [0.1, 0.15) is 5.75 Å². The maximum Gasteiger partial charge on any atom is 0.123 e. The van der Waals surface area contributed by atoms with Crippen LogP contribution < -0.4 is 4.74 Å². The van der Waals surface area contributed by atoms with Crippen LogP contribution in [0.4, 0.5) is 0 Å². The lowest BCUT2D eigenvalue weighted by atomic mass is 10.0. The quantitative estimate of drug-likeness (QED) is 0.684. The number of aromatic nitrogens is 2. The first-order valence-corrected chi connectivity index (χ1v) is 10.0. The van der Waals surface area contributed by atoms with E-state index in [-0.39, 0.29) is 0 Å². The number of benzene rings is 1. The van der Waals surface area contributed by atoms with E-state index in [0.717, 1.165) is 73.8 Å². The molecule has 0 amide bonds. The molecule has 0 saturated carbocycles. The molecule has 26 heavy (non-hydrogen) atoms. The number of aryl methyl sites for hydroxylation is 2. The predicted octanol–water partition coefficient (Wildman–Crippen LogP) is 3.58. The Labute approximate surface area is 164 Å². The normalized spacial score (nSPS) is 15.4. The number of methoxy groups -OCH3 is 1. The molecule has 1 aromatic carbocycles. The van der Waals surface area contributed by atoms with Gasteiger partial charge in [-0.3, -0.25) is 9.58 Å². The van der Waals surface area contributed by atoms with Gasteiger partial charge < -0.3 is 9.47 Å². The summed E-state index contributed by atoms with van der Waals surface area (Å²) in [7, 11) is 1.73. The molecule has 1 aliphatic heterocycles. The van der Waals surface area contributed by atoms with Gasteiger partial charge in [-0.2, -0.15) is 5.10 Å². The third-order valence-corrected chi connectivity index (χ3v) is 6.15. The largest absolute Gasteiger partial charge is 0.496 e. The van der Waals surface area contributed by atoms with Crippen LogP contribution in [0.25, 0.3) is 0 Å². The monoisotopic (exact) mass is 421 g/mol. The fourth-order valence-corrected chi connectivity index (χ4v) is 3.72. The Hall–Kier alpha value is -1.37. The highest BCUT2D eigenvalue weighted by Crippen LogP contribution is 2.25. The minimum absolute atomic E-state index is 0.721. The van der Waals surface area contributed by atoms with E-state index in [1.165, 1.54) is 11.1 Å². The van der Waals surface area contributed by atoms with Gasteiger partial charge >= 0.3 is 0 Å². The predicted molar refractivity (Wildman–Crippen MR) is 107 cm³/mol. The summed E-state index contributed by atoms with van der Waals surface area (Å²) in [5.74, 6) is 0.922. The number of rotatable bonds is 7. The zero-order valence-electron chi connectivity index (χ0n) is 15.9. The van der Waals surface area contributed by atoms with E-state index >= 15 is 0 Å². The van der Waals surface area contributed by atoms with Crippen LogP contribution in [0.3, 0.4) is 0 Å². The van der Waals surface area contributed by atoms with Crippen LogP contribution in [0.15, 0.2) is 22.7 Å². The third-order valence-electron chi connectivity index (χ3n) is 5.00. The first-order valence-electron chi connectivity index (χ1n) is 9.24. The highest BCUT2D eigenvalue weighted by atomic mass is 79.9. The van der Waals surface area contributed by atoms with E-state index in [4.69, 9.17) is 9.47 Å². The standard InChI is InChI=1S/C20H28BrN3O2/c1-15-20(21)16(2)24(22-15)14-18-13-17(6-7-19(18)25-3)5-4-8-23-9-11-26-12-10-23/h6-7,13H,4-5,8-12,14H2,1-3H3. The second kappa shape index (κ2) is 9.02. The molecular formula is C20H28BrN3O2. The molecule has 142 valence electrons. The molecule has 1 aliphatic rings. The van der Waals surface area contributed by atoms with E-state index in [9.17, 15) is 0 Å². The van der Waals surface area contributed by atoms with Gasteiger partial charge in [0.25, 0.3) is 0 Å². The van der Waals surface area contributed by atoms with Crippen molar-refractivity contribution in [1.29, 1.82) is 0 Å². The Morgan fingerprint density at radius 1 is 1.23 bits per heavy atom. The average Bonchev–Trinajstić information content (AvgIpc) is 2.90. The molecule has 0 unspecified atom stereocenters. The number of ether oxygens (including phenoxy) is 2. The van der Waals surface area contributed by atoms with Crippen molar-refractivity contribution in [2.75, 3.05) is 40.0 Å². The van der Waals surface area contributed by atoms with Crippen LogP contribution in [-0.4, -0.2) is 54.6 Å². The van der Waals surface area contributed by atoms with Crippen molar-refractivity contribution < 1.29 is 9.47 Å². The number of halogens is 1. The second-order valence-electron chi connectivity index (χ2n) is 6.85. The molecule has 0 N–H and O–H groups in total. The van der Waals surface area contributed by atoms with Crippen molar-refractivity contribution in [2.45, 2.75) is 33.2 Å². The SMILES string of the molecule is COc1ccc(CCCN2CCOCC2)cc1Cn1nc(C)c(Br)c1C. The molecular weight excluding hydrogens is 394 g/mol. The average molecular weight is 422 g/mol. The third kappa shape index (κ3) is 4.67. The van der Waals surface area contributed by atoms with Gasteiger partial charge in [-0.15, -0.1) is 0 Å². The van der Waals surface area contributed by atoms with E-state index in [0.29, 0.717) is 0 Å². The summed E-state index contributed by atoms with van der Waals surface area (Å²) in [5, 5.41) is 4.63. The minimum atomic E-state index is 0.721. The molecule has 1 aromatic heterocycles. The van der Waals surface area contributed by atoms with Gasteiger partial charge in [0.15, 0.2) is 0 Å². The molecule has 5 nitrogen and oxygen atoms in total. The molecule has 1 saturated heterocycles. The van der Waals surface area contributed by atoms with Crippen molar-refractivity contribution in [3.63, 3.8) is 0 Å². The molecule has 0 aliphatic carbocycles.